The molecule has 1 saturated heterocycles. The lowest BCUT2D eigenvalue weighted by atomic mass is 10.0. The Kier molecular flexibility index (Phi) is 12.5. The van der Waals surface area contributed by atoms with Gasteiger partial charge in [-0.05, 0) is 43.2 Å². The highest BCUT2D eigenvalue weighted by Crippen LogP contribution is 2.23. The number of nitrogens with zero attached hydrogens (tertiary/aromatic N) is 2. The quantitative estimate of drug-likeness (QED) is 0.285. The number of rotatable bonds is 14. The number of aliphatic carboxylic acids is 1. The second-order valence-corrected chi connectivity index (χ2v) is 9.37. The molecule has 0 aliphatic carbocycles. The summed E-state index contributed by atoms with van der Waals surface area (Å²) >= 11 is 12.1. The number of amides is 1. The molecule has 1 aromatic rings. The summed E-state index contributed by atoms with van der Waals surface area (Å²) in [5, 5.41) is 12.9. The summed E-state index contributed by atoms with van der Waals surface area (Å²) in [6.45, 7) is 9.24. The number of allylic oxidation sites excluding steroid dienone is 3. The van der Waals surface area contributed by atoms with Gasteiger partial charge in [-0.25, -0.2) is 4.79 Å². The predicted octanol–water partition coefficient (Wildman–Crippen LogP) is 3.82. The van der Waals surface area contributed by atoms with Gasteiger partial charge in [0.25, 0.3) is 0 Å². The van der Waals surface area contributed by atoms with E-state index in [1.807, 2.05) is 44.3 Å². The maximum absolute atomic E-state index is 13.2. The van der Waals surface area contributed by atoms with E-state index in [1.165, 1.54) is 0 Å². The van der Waals surface area contributed by atoms with Gasteiger partial charge < -0.3 is 20.1 Å². The highest BCUT2D eigenvalue weighted by molar-refractivity contribution is 6.42. The van der Waals surface area contributed by atoms with Crippen molar-refractivity contribution in [2.45, 2.75) is 31.8 Å². The number of hydrogen-bond donors (Lipinski definition) is 2. The number of carbonyl (C=O) groups excluding carboxylic acids is 1. The van der Waals surface area contributed by atoms with Crippen molar-refractivity contribution in [2.24, 2.45) is 0 Å². The van der Waals surface area contributed by atoms with Gasteiger partial charge in [0.05, 0.1) is 29.1 Å². The number of likely N-dealkylation sites (tertiary alicyclic amines) is 1. The van der Waals surface area contributed by atoms with Crippen LogP contribution < -0.4 is 5.32 Å². The van der Waals surface area contributed by atoms with E-state index in [2.05, 4.69) is 16.8 Å². The number of halogens is 2. The van der Waals surface area contributed by atoms with Gasteiger partial charge in [0, 0.05) is 32.7 Å². The van der Waals surface area contributed by atoms with E-state index >= 15 is 0 Å². The number of ether oxygens (including phenoxy) is 1. The number of hydrogen-bond acceptors (Lipinski definition) is 5. The fraction of sp³-hybridized carbons (Fsp3) is 0.462. The highest BCUT2D eigenvalue weighted by atomic mass is 35.5. The molecule has 0 spiro atoms. The van der Waals surface area contributed by atoms with Crippen molar-refractivity contribution in [3.63, 3.8) is 0 Å². The minimum Gasteiger partial charge on any atom is -0.480 e. The van der Waals surface area contributed by atoms with Gasteiger partial charge in [0.15, 0.2) is 0 Å². The first-order chi connectivity index (χ1) is 16.7. The Bertz CT molecular complexity index is 935. The van der Waals surface area contributed by atoms with Crippen LogP contribution in [0.1, 0.15) is 18.9 Å². The minimum atomic E-state index is -0.968. The SMILES string of the molecule is C=C(/C=C\C=C/C)[C@@H](CN1CC[C@H](NCCOCC(=O)O)C1)N(C)C(=O)Cc1ccc(Cl)c(Cl)c1. The van der Waals surface area contributed by atoms with Crippen molar-refractivity contribution < 1.29 is 19.4 Å². The molecule has 1 aliphatic heterocycles. The van der Waals surface area contributed by atoms with E-state index < -0.39 is 5.97 Å². The Morgan fingerprint density at radius 1 is 1.34 bits per heavy atom. The predicted molar refractivity (Wildman–Crippen MR) is 141 cm³/mol. The Labute approximate surface area is 218 Å². The van der Waals surface area contributed by atoms with Crippen molar-refractivity contribution in [3.05, 3.63) is 70.3 Å². The average Bonchev–Trinajstić information content (AvgIpc) is 3.26. The third kappa shape index (κ3) is 10.2. The normalized spacial score (nSPS) is 17.3. The second-order valence-electron chi connectivity index (χ2n) is 8.55. The van der Waals surface area contributed by atoms with Crippen molar-refractivity contribution in [1.82, 2.24) is 15.1 Å². The van der Waals surface area contributed by atoms with E-state index in [0.29, 0.717) is 29.7 Å². The topological polar surface area (TPSA) is 82.1 Å². The second kappa shape index (κ2) is 15.1. The van der Waals surface area contributed by atoms with Crippen LogP contribution in [0.4, 0.5) is 0 Å². The molecule has 2 N–H and O–H groups in total. The number of carbonyl (C=O) groups is 2. The summed E-state index contributed by atoms with van der Waals surface area (Å²) in [4.78, 5) is 27.8. The van der Waals surface area contributed by atoms with E-state index in [-0.39, 0.29) is 31.0 Å². The van der Waals surface area contributed by atoms with Crippen molar-refractivity contribution in [3.8, 4) is 0 Å². The largest absolute Gasteiger partial charge is 0.480 e. The molecule has 0 unspecified atom stereocenters. The van der Waals surface area contributed by atoms with Crippen LogP contribution in [0.15, 0.2) is 54.7 Å². The molecule has 1 fully saturated rings. The molecule has 35 heavy (non-hydrogen) atoms. The van der Waals surface area contributed by atoms with Gasteiger partial charge in [0.2, 0.25) is 5.91 Å². The zero-order chi connectivity index (χ0) is 25.8. The van der Waals surface area contributed by atoms with Crippen LogP contribution >= 0.6 is 23.2 Å². The van der Waals surface area contributed by atoms with Gasteiger partial charge >= 0.3 is 5.97 Å². The molecule has 1 heterocycles. The van der Waals surface area contributed by atoms with Gasteiger partial charge in [0.1, 0.15) is 6.61 Å². The van der Waals surface area contributed by atoms with Crippen molar-refractivity contribution in [2.75, 3.05) is 46.4 Å². The van der Waals surface area contributed by atoms with Crippen LogP contribution in [-0.2, 0) is 20.7 Å². The summed E-state index contributed by atoms with van der Waals surface area (Å²) in [6.07, 6.45) is 8.93. The van der Waals surface area contributed by atoms with E-state index in [4.69, 9.17) is 33.0 Å². The zero-order valence-electron chi connectivity index (χ0n) is 20.4. The molecule has 2 atom stereocenters. The number of carboxylic acids is 1. The molecule has 1 aliphatic rings. The van der Waals surface area contributed by atoms with Gasteiger partial charge in [-0.2, -0.15) is 0 Å². The Balaban J connectivity index is 1.99. The van der Waals surface area contributed by atoms with Crippen LogP contribution in [0.5, 0.6) is 0 Å². The minimum absolute atomic E-state index is 0.0292. The Morgan fingerprint density at radius 3 is 2.80 bits per heavy atom. The molecule has 192 valence electrons. The molecular weight excluding hydrogens is 489 g/mol. The first-order valence-corrected chi connectivity index (χ1v) is 12.4. The molecule has 0 saturated carbocycles. The van der Waals surface area contributed by atoms with Crippen molar-refractivity contribution in [1.29, 1.82) is 0 Å². The number of likely N-dealkylation sites (N-methyl/N-ethyl adjacent to an activating group) is 1. The van der Waals surface area contributed by atoms with E-state index in [0.717, 1.165) is 30.6 Å². The third-order valence-electron chi connectivity index (χ3n) is 5.85. The maximum Gasteiger partial charge on any atom is 0.329 e. The molecule has 7 nitrogen and oxygen atoms in total. The number of nitrogens with one attached hydrogen (secondary N) is 1. The third-order valence-corrected chi connectivity index (χ3v) is 6.59. The smallest absolute Gasteiger partial charge is 0.329 e. The van der Waals surface area contributed by atoms with Crippen molar-refractivity contribution >= 4 is 35.1 Å². The molecule has 1 aromatic carbocycles. The van der Waals surface area contributed by atoms with Crippen LogP contribution in [0, 0.1) is 0 Å². The first kappa shape index (κ1) is 29.1. The summed E-state index contributed by atoms with van der Waals surface area (Å²) in [7, 11) is 1.81. The van der Waals surface area contributed by atoms with Gasteiger partial charge in [-0.3, -0.25) is 9.69 Å². The van der Waals surface area contributed by atoms with Gasteiger partial charge in [-0.15, -0.1) is 0 Å². The van der Waals surface area contributed by atoms with Crippen LogP contribution in [0.2, 0.25) is 10.0 Å². The summed E-state index contributed by atoms with van der Waals surface area (Å²) in [5.74, 6) is -0.997. The molecule has 0 bridgehead atoms. The molecule has 0 aromatic heterocycles. The fourth-order valence-corrected chi connectivity index (χ4v) is 4.24. The Hall–Kier alpha value is -2.16. The van der Waals surface area contributed by atoms with Crippen LogP contribution in [0.3, 0.4) is 0 Å². The molecule has 9 heteroatoms. The summed E-state index contributed by atoms with van der Waals surface area (Å²) in [6, 6.07) is 5.33. The van der Waals surface area contributed by atoms with E-state index in [9.17, 15) is 9.59 Å². The fourth-order valence-electron chi connectivity index (χ4n) is 3.92. The summed E-state index contributed by atoms with van der Waals surface area (Å²) < 4.78 is 5.08. The first-order valence-electron chi connectivity index (χ1n) is 11.6. The molecule has 0 radical (unpaired) electrons. The summed E-state index contributed by atoms with van der Waals surface area (Å²) in [5.41, 5.74) is 1.66. The van der Waals surface area contributed by atoms with Crippen LogP contribution in [0.25, 0.3) is 0 Å². The number of benzene rings is 1. The zero-order valence-corrected chi connectivity index (χ0v) is 21.9. The molecule has 1 amide bonds. The lowest BCUT2D eigenvalue weighted by Gasteiger charge is -2.32. The van der Waals surface area contributed by atoms with Crippen LogP contribution in [-0.4, -0.2) is 85.3 Å². The number of carboxylic acid groups (broad SMARTS) is 1. The lowest BCUT2D eigenvalue weighted by Crippen LogP contribution is -2.46. The molecular formula is C26H35Cl2N3O4. The maximum atomic E-state index is 13.2. The standard InChI is InChI=1S/C26H35Cl2N3O4/c1-4-5-6-7-19(2)24(30(3)25(32)15-20-8-9-22(27)23(28)14-20)17-31-12-10-21(16-31)29-11-13-35-18-26(33)34/h4-9,14,21,24,29H,2,10-13,15-18H2,1,3H3,(H,33,34)/b5-4-,7-6-/t21-,24+/m0/s1. The monoisotopic (exact) mass is 523 g/mol. The lowest BCUT2D eigenvalue weighted by molar-refractivity contribution is -0.142. The average molecular weight is 524 g/mol. The molecule has 2 rings (SSSR count). The van der Waals surface area contributed by atoms with Gasteiger partial charge in [-0.1, -0.05) is 60.2 Å². The van der Waals surface area contributed by atoms with E-state index in [1.54, 1.807) is 17.0 Å². The Morgan fingerprint density at radius 2 is 2.11 bits per heavy atom. The highest BCUT2D eigenvalue weighted by Gasteiger charge is 2.28.